The van der Waals surface area contributed by atoms with Crippen LogP contribution in [0.15, 0.2) is 22.7 Å². The van der Waals surface area contributed by atoms with Crippen LogP contribution >= 0.6 is 15.9 Å². The second-order valence-corrected chi connectivity index (χ2v) is 7.21. The molecule has 0 aliphatic heterocycles. The van der Waals surface area contributed by atoms with Crippen molar-refractivity contribution >= 4 is 15.9 Å². The Kier molecular flexibility index (Phi) is 4.49. The first-order valence-corrected chi connectivity index (χ1v) is 8.78. The van der Waals surface area contributed by atoms with E-state index in [1.165, 1.54) is 48.6 Å². The third-order valence-electron chi connectivity index (χ3n) is 5.13. The van der Waals surface area contributed by atoms with Crippen LogP contribution in [0, 0.1) is 0 Å². The molecule has 2 aliphatic carbocycles. The molecule has 1 aromatic carbocycles. The molecule has 3 heteroatoms. The van der Waals surface area contributed by atoms with Crippen molar-refractivity contribution in [3.05, 3.63) is 33.8 Å². The minimum Gasteiger partial charge on any atom is -0.328 e. The quantitative estimate of drug-likeness (QED) is 0.902. The summed E-state index contributed by atoms with van der Waals surface area (Å²) >= 11 is 3.59. The van der Waals surface area contributed by atoms with Gasteiger partial charge in [0.25, 0.3) is 0 Å². The van der Waals surface area contributed by atoms with Gasteiger partial charge in [-0.15, -0.1) is 0 Å². The SMILES string of the molecule is CCN(C1CCC(N)CC1)C1CCc2cc(Br)ccc21. The lowest BCUT2D eigenvalue weighted by atomic mass is 9.89. The summed E-state index contributed by atoms with van der Waals surface area (Å²) in [5, 5.41) is 0. The second-order valence-electron chi connectivity index (χ2n) is 6.30. The van der Waals surface area contributed by atoms with Gasteiger partial charge in [-0.05, 0) is 68.3 Å². The standard InChI is InChI=1S/C17H25BrN2/c1-2-20(15-7-5-14(19)6-8-15)17-10-3-12-11-13(18)4-9-16(12)17/h4,9,11,14-15,17H,2-3,5-8,10,19H2,1H3. The number of nitrogens with zero attached hydrogens (tertiary/aromatic N) is 1. The third-order valence-corrected chi connectivity index (χ3v) is 5.62. The van der Waals surface area contributed by atoms with E-state index < -0.39 is 0 Å². The average Bonchev–Trinajstić information content (AvgIpc) is 2.85. The Hall–Kier alpha value is -0.380. The molecule has 110 valence electrons. The maximum atomic E-state index is 6.06. The van der Waals surface area contributed by atoms with E-state index in [1.807, 2.05) is 0 Å². The highest BCUT2D eigenvalue weighted by atomic mass is 79.9. The van der Waals surface area contributed by atoms with Crippen molar-refractivity contribution in [3.63, 3.8) is 0 Å². The maximum Gasteiger partial charge on any atom is 0.0356 e. The Morgan fingerprint density at radius 2 is 1.95 bits per heavy atom. The number of rotatable bonds is 3. The van der Waals surface area contributed by atoms with E-state index in [2.05, 4.69) is 46.0 Å². The summed E-state index contributed by atoms with van der Waals surface area (Å²) in [6.45, 7) is 3.46. The van der Waals surface area contributed by atoms with Crippen LogP contribution in [0.1, 0.15) is 56.2 Å². The largest absolute Gasteiger partial charge is 0.328 e. The minimum atomic E-state index is 0.441. The highest BCUT2D eigenvalue weighted by Crippen LogP contribution is 2.39. The molecule has 1 saturated carbocycles. The first-order chi connectivity index (χ1) is 9.69. The van der Waals surface area contributed by atoms with E-state index in [0.29, 0.717) is 12.1 Å². The van der Waals surface area contributed by atoms with Gasteiger partial charge in [0.2, 0.25) is 0 Å². The smallest absolute Gasteiger partial charge is 0.0356 e. The molecule has 20 heavy (non-hydrogen) atoms. The van der Waals surface area contributed by atoms with Gasteiger partial charge in [0.1, 0.15) is 0 Å². The number of fused-ring (bicyclic) bond motifs is 1. The summed E-state index contributed by atoms with van der Waals surface area (Å²) in [4.78, 5) is 2.74. The predicted octanol–water partition coefficient (Wildman–Crippen LogP) is 4.03. The number of aryl methyl sites for hydroxylation is 1. The summed E-state index contributed by atoms with van der Waals surface area (Å²) in [7, 11) is 0. The molecule has 0 aromatic heterocycles. The zero-order valence-corrected chi connectivity index (χ0v) is 13.9. The molecule has 0 bridgehead atoms. The number of hydrogen-bond donors (Lipinski definition) is 1. The summed E-state index contributed by atoms with van der Waals surface area (Å²) < 4.78 is 1.21. The first-order valence-electron chi connectivity index (χ1n) is 7.98. The van der Waals surface area contributed by atoms with Crippen LogP contribution < -0.4 is 5.73 Å². The average molecular weight is 337 g/mol. The molecule has 0 spiro atoms. The van der Waals surface area contributed by atoms with Crippen LogP contribution in [0.25, 0.3) is 0 Å². The fraction of sp³-hybridized carbons (Fsp3) is 0.647. The summed E-state index contributed by atoms with van der Waals surface area (Å²) in [6.07, 6.45) is 7.45. The van der Waals surface area contributed by atoms with Gasteiger partial charge >= 0.3 is 0 Å². The Labute approximate surface area is 130 Å². The van der Waals surface area contributed by atoms with Gasteiger partial charge in [0, 0.05) is 22.6 Å². The molecule has 1 fully saturated rings. The Bertz CT molecular complexity index is 466. The number of nitrogens with two attached hydrogens (primary N) is 1. The Morgan fingerprint density at radius 3 is 2.65 bits per heavy atom. The number of halogens is 1. The molecule has 2 aliphatic rings. The molecule has 0 amide bonds. The fourth-order valence-electron chi connectivity index (χ4n) is 4.07. The molecule has 2 nitrogen and oxygen atoms in total. The van der Waals surface area contributed by atoms with Gasteiger partial charge < -0.3 is 5.73 Å². The molecule has 0 heterocycles. The van der Waals surface area contributed by atoms with E-state index in [4.69, 9.17) is 5.73 Å². The van der Waals surface area contributed by atoms with Crippen LogP contribution in [0.4, 0.5) is 0 Å². The summed E-state index contributed by atoms with van der Waals surface area (Å²) in [5.74, 6) is 0. The number of benzene rings is 1. The minimum absolute atomic E-state index is 0.441. The van der Waals surface area contributed by atoms with E-state index in [1.54, 1.807) is 5.56 Å². The molecular weight excluding hydrogens is 312 g/mol. The highest BCUT2D eigenvalue weighted by molar-refractivity contribution is 9.10. The van der Waals surface area contributed by atoms with E-state index in [-0.39, 0.29) is 0 Å². The van der Waals surface area contributed by atoms with Crippen molar-refractivity contribution in [2.24, 2.45) is 5.73 Å². The molecular formula is C17H25BrN2. The van der Waals surface area contributed by atoms with Crippen LogP contribution in [0.5, 0.6) is 0 Å². The molecule has 3 rings (SSSR count). The van der Waals surface area contributed by atoms with Crippen molar-refractivity contribution in [2.75, 3.05) is 6.54 Å². The Balaban J connectivity index is 1.78. The monoisotopic (exact) mass is 336 g/mol. The van der Waals surface area contributed by atoms with Crippen LogP contribution in [0.3, 0.4) is 0 Å². The lowest BCUT2D eigenvalue weighted by Gasteiger charge is -2.39. The van der Waals surface area contributed by atoms with Gasteiger partial charge in [-0.1, -0.05) is 28.9 Å². The van der Waals surface area contributed by atoms with Crippen molar-refractivity contribution in [3.8, 4) is 0 Å². The van der Waals surface area contributed by atoms with Gasteiger partial charge in [-0.2, -0.15) is 0 Å². The van der Waals surface area contributed by atoms with E-state index >= 15 is 0 Å². The van der Waals surface area contributed by atoms with E-state index in [0.717, 1.165) is 12.6 Å². The lowest BCUT2D eigenvalue weighted by Crippen LogP contribution is -2.42. The topological polar surface area (TPSA) is 29.3 Å². The summed E-state index contributed by atoms with van der Waals surface area (Å²) in [6, 6.07) is 8.63. The predicted molar refractivity (Wildman–Crippen MR) is 87.8 cm³/mol. The van der Waals surface area contributed by atoms with Crippen LogP contribution in [-0.4, -0.2) is 23.5 Å². The van der Waals surface area contributed by atoms with Crippen molar-refractivity contribution in [1.82, 2.24) is 4.90 Å². The summed E-state index contributed by atoms with van der Waals surface area (Å²) in [5.41, 5.74) is 9.16. The van der Waals surface area contributed by atoms with Crippen molar-refractivity contribution in [2.45, 2.75) is 63.6 Å². The molecule has 1 aromatic rings. The molecule has 1 atom stereocenters. The van der Waals surface area contributed by atoms with Gasteiger partial charge in [-0.3, -0.25) is 4.90 Å². The van der Waals surface area contributed by atoms with Crippen LogP contribution in [-0.2, 0) is 6.42 Å². The number of hydrogen-bond acceptors (Lipinski definition) is 2. The zero-order chi connectivity index (χ0) is 14.1. The fourth-order valence-corrected chi connectivity index (χ4v) is 4.48. The zero-order valence-electron chi connectivity index (χ0n) is 12.3. The molecule has 0 radical (unpaired) electrons. The van der Waals surface area contributed by atoms with E-state index in [9.17, 15) is 0 Å². The van der Waals surface area contributed by atoms with Gasteiger partial charge in [0.05, 0.1) is 0 Å². The third kappa shape index (κ3) is 2.81. The second kappa shape index (κ2) is 6.17. The maximum absolute atomic E-state index is 6.06. The normalized spacial score (nSPS) is 29.7. The van der Waals surface area contributed by atoms with Crippen LogP contribution in [0.2, 0.25) is 0 Å². The molecule has 1 unspecified atom stereocenters. The van der Waals surface area contributed by atoms with Gasteiger partial charge in [-0.25, -0.2) is 0 Å². The Morgan fingerprint density at radius 1 is 1.20 bits per heavy atom. The van der Waals surface area contributed by atoms with Gasteiger partial charge in [0.15, 0.2) is 0 Å². The van der Waals surface area contributed by atoms with Crippen molar-refractivity contribution < 1.29 is 0 Å². The molecule has 2 N–H and O–H groups in total. The first kappa shape index (κ1) is 14.6. The van der Waals surface area contributed by atoms with Crippen molar-refractivity contribution in [1.29, 1.82) is 0 Å². The highest BCUT2D eigenvalue weighted by Gasteiger charge is 2.32. The lowest BCUT2D eigenvalue weighted by molar-refractivity contribution is 0.106. The molecule has 0 saturated heterocycles.